The van der Waals surface area contributed by atoms with Crippen molar-refractivity contribution < 1.29 is 9.90 Å². The van der Waals surface area contributed by atoms with Crippen LogP contribution < -0.4 is 0 Å². The summed E-state index contributed by atoms with van der Waals surface area (Å²) in [5.41, 5.74) is 3.83. The normalized spacial score (nSPS) is 16.1. The van der Waals surface area contributed by atoms with Gasteiger partial charge in [0.1, 0.15) is 0 Å². The van der Waals surface area contributed by atoms with Gasteiger partial charge in [0.15, 0.2) is 0 Å². The van der Waals surface area contributed by atoms with Gasteiger partial charge in [0.05, 0.1) is 6.54 Å². The molecule has 2 aromatic rings. The third-order valence-electron chi connectivity index (χ3n) is 5.29. The molecule has 0 unspecified atom stereocenters. The van der Waals surface area contributed by atoms with E-state index in [9.17, 15) is 4.79 Å². The van der Waals surface area contributed by atoms with E-state index in [0.29, 0.717) is 6.04 Å². The molecule has 0 aliphatic carbocycles. The molecule has 0 radical (unpaired) electrons. The van der Waals surface area contributed by atoms with Crippen molar-refractivity contribution >= 4 is 5.97 Å². The second-order valence-electron chi connectivity index (χ2n) is 7.03. The first kappa shape index (κ1) is 18.6. The highest BCUT2D eigenvalue weighted by molar-refractivity contribution is 5.69. The standard InChI is InChI=1S/C22H28N2O2/c1-2-24(17-22(25)26)21-12-14-23(15-13-21)16-18-8-10-20(11-9-18)19-6-4-3-5-7-19/h3-11,21H,2,12-17H2,1H3,(H,25,26). The molecule has 2 aromatic carbocycles. The maximum atomic E-state index is 11.0. The maximum Gasteiger partial charge on any atom is 0.317 e. The molecule has 1 aliphatic rings. The molecular formula is C22H28N2O2. The predicted octanol–water partition coefficient (Wildman–Crippen LogP) is 3.72. The number of aliphatic carboxylic acids is 1. The molecule has 1 heterocycles. The number of carboxylic acid groups (broad SMARTS) is 1. The van der Waals surface area contributed by atoms with E-state index in [0.717, 1.165) is 39.0 Å². The van der Waals surface area contributed by atoms with Crippen LogP contribution in [0.15, 0.2) is 54.6 Å². The van der Waals surface area contributed by atoms with Crippen molar-refractivity contribution in [3.8, 4) is 11.1 Å². The summed E-state index contributed by atoms with van der Waals surface area (Å²) in [4.78, 5) is 15.6. The molecular weight excluding hydrogens is 324 g/mol. The van der Waals surface area contributed by atoms with Crippen LogP contribution in [0.3, 0.4) is 0 Å². The summed E-state index contributed by atoms with van der Waals surface area (Å²) < 4.78 is 0. The van der Waals surface area contributed by atoms with E-state index in [1.807, 2.05) is 13.0 Å². The van der Waals surface area contributed by atoms with Gasteiger partial charge in [0.25, 0.3) is 0 Å². The number of carboxylic acids is 1. The zero-order valence-corrected chi connectivity index (χ0v) is 15.5. The van der Waals surface area contributed by atoms with E-state index in [1.165, 1.54) is 16.7 Å². The van der Waals surface area contributed by atoms with Crippen LogP contribution in [0.1, 0.15) is 25.3 Å². The van der Waals surface area contributed by atoms with Crippen molar-refractivity contribution in [3.05, 3.63) is 60.2 Å². The van der Waals surface area contributed by atoms with E-state index < -0.39 is 5.97 Å². The van der Waals surface area contributed by atoms with Gasteiger partial charge >= 0.3 is 5.97 Å². The number of nitrogens with zero attached hydrogens (tertiary/aromatic N) is 2. The first-order valence-corrected chi connectivity index (χ1v) is 9.48. The molecule has 1 N–H and O–H groups in total. The molecule has 0 bridgehead atoms. The summed E-state index contributed by atoms with van der Waals surface area (Å²) in [5, 5.41) is 9.05. The molecule has 4 heteroatoms. The molecule has 0 spiro atoms. The van der Waals surface area contributed by atoms with Gasteiger partial charge in [0.2, 0.25) is 0 Å². The van der Waals surface area contributed by atoms with Crippen molar-refractivity contribution in [3.63, 3.8) is 0 Å². The van der Waals surface area contributed by atoms with E-state index in [1.54, 1.807) is 0 Å². The van der Waals surface area contributed by atoms with Gasteiger partial charge in [-0.25, -0.2) is 0 Å². The molecule has 0 aromatic heterocycles. The summed E-state index contributed by atoms with van der Waals surface area (Å²) in [6.07, 6.45) is 2.09. The number of piperidine rings is 1. The van der Waals surface area contributed by atoms with Crippen LogP contribution in [-0.2, 0) is 11.3 Å². The van der Waals surface area contributed by atoms with Gasteiger partial charge < -0.3 is 5.11 Å². The fourth-order valence-corrected chi connectivity index (χ4v) is 3.81. The van der Waals surface area contributed by atoms with E-state index in [2.05, 4.69) is 58.3 Å². The minimum absolute atomic E-state index is 0.155. The Bertz CT molecular complexity index is 692. The van der Waals surface area contributed by atoms with Crippen LogP contribution in [0.2, 0.25) is 0 Å². The number of hydrogen-bond donors (Lipinski definition) is 1. The SMILES string of the molecule is CCN(CC(=O)O)C1CCN(Cc2ccc(-c3ccccc3)cc2)CC1. The highest BCUT2D eigenvalue weighted by atomic mass is 16.4. The van der Waals surface area contributed by atoms with Crippen LogP contribution in [0.25, 0.3) is 11.1 Å². The number of likely N-dealkylation sites (tertiary alicyclic amines) is 1. The van der Waals surface area contributed by atoms with Crippen molar-refractivity contribution in [2.75, 3.05) is 26.2 Å². The van der Waals surface area contributed by atoms with Crippen molar-refractivity contribution in [1.29, 1.82) is 0 Å². The lowest BCUT2D eigenvalue weighted by Crippen LogP contribution is -2.46. The molecule has 3 rings (SSSR count). The van der Waals surface area contributed by atoms with Gasteiger partial charge in [-0.1, -0.05) is 61.5 Å². The van der Waals surface area contributed by atoms with Gasteiger partial charge in [-0.15, -0.1) is 0 Å². The van der Waals surface area contributed by atoms with Gasteiger partial charge in [0, 0.05) is 12.6 Å². The fraction of sp³-hybridized carbons (Fsp3) is 0.409. The summed E-state index contributed by atoms with van der Waals surface area (Å²) in [6, 6.07) is 19.7. The average Bonchev–Trinajstić information content (AvgIpc) is 2.68. The zero-order valence-electron chi connectivity index (χ0n) is 15.5. The smallest absolute Gasteiger partial charge is 0.317 e. The number of hydrogen-bond acceptors (Lipinski definition) is 3. The lowest BCUT2D eigenvalue weighted by molar-refractivity contribution is -0.139. The lowest BCUT2D eigenvalue weighted by atomic mass is 10.0. The Labute approximate surface area is 156 Å². The number of rotatable bonds is 7. The van der Waals surface area contributed by atoms with Crippen molar-refractivity contribution in [2.45, 2.75) is 32.4 Å². The van der Waals surface area contributed by atoms with E-state index in [-0.39, 0.29) is 6.54 Å². The monoisotopic (exact) mass is 352 g/mol. The third-order valence-corrected chi connectivity index (χ3v) is 5.29. The van der Waals surface area contributed by atoms with Gasteiger partial charge in [-0.05, 0) is 49.2 Å². The number of benzene rings is 2. The molecule has 1 fully saturated rings. The highest BCUT2D eigenvalue weighted by Gasteiger charge is 2.24. The molecule has 1 aliphatic heterocycles. The van der Waals surface area contributed by atoms with Crippen molar-refractivity contribution in [1.82, 2.24) is 9.80 Å². The summed E-state index contributed by atoms with van der Waals surface area (Å²) >= 11 is 0. The number of carbonyl (C=O) groups is 1. The first-order valence-electron chi connectivity index (χ1n) is 9.48. The Morgan fingerprint density at radius 1 is 1.04 bits per heavy atom. The second-order valence-corrected chi connectivity index (χ2v) is 7.03. The van der Waals surface area contributed by atoms with Crippen LogP contribution in [-0.4, -0.2) is 53.1 Å². The minimum Gasteiger partial charge on any atom is -0.480 e. The van der Waals surface area contributed by atoms with Crippen LogP contribution >= 0.6 is 0 Å². The summed E-state index contributed by atoms with van der Waals surface area (Å²) in [7, 11) is 0. The summed E-state index contributed by atoms with van der Waals surface area (Å²) in [5.74, 6) is -0.729. The Kier molecular flexibility index (Phi) is 6.42. The number of likely N-dealkylation sites (N-methyl/N-ethyl adjacent to an activating group) is 1. The molecule has 138 valence electrons. The Balaban J connectivity index is 1.52. The zero-order chi connectivity index (χ0) is 18.4. The van der Waals surface area contributed by atoms with Gasteiger partial charge in [-0.2, -0.15) is 0 Å². The van der Waals surface area contributed by atoms with Crippen LogP contribution in [0.4, 0.5) is 0 Å². The fourth-order valence-electron chi connectivity index (χ4n) is 3.81. The van der Waals surface area contributed by atoms with Crippen LogP contribution in [0, 0.1) is 0 Å². The Hall–Kier alpha value is -2.17. The summed E-state index contributed by atoms with van der Waals surface area (Å²) in [6.45, 7) is 6.03. The molecule has 0 atom stereocenters. The Morgan fingerprint density at radius 2 is 1.65 bits per heavy atom. The van der Waals surface area contributed by atoms with Crippen molar-refractivity contribution in [2.24, 2.45) is 0 Å². The maximum absolute atomic E-state index is 11.0. The van der Waals surface area contributed by atoms with E-state index in [4.69, 9.17) is 5.11 Å². The molecule has 4 nitrogen and oxygen atoms in total. The largest absolute Gasteiger partial charge is 0.480 e. The molecule has 26 heavy (non-hydrogen) atoms. The first-order chi connectivity index (χ1) is 12.7. The quantitative estimate of drug-likeness (QED) is 0.825. The molecule has 0 saturated carbocycles. The molecule has 0 amide bonds. The average molecular weight is 352 g/mol. The lowest BCUT2D eigenvalue weighted by Gasteiger charge is -2.37. The Morgan fingerprint density at radius 3 is 2.23 bits per heavy atom. The predicted molar refractivity (Wildman–Crippen MR) is 105 cm³/mol. The second kappa shape index (κ2) is 8.97. The van der Waals surface area contributed by atoms with Crippen LogP contribution in [0.5, 0.6) is 0 Å². The third kappa shape index (κ3) is 4.93. The van der Waals surface area contributed by atoms with Gasteiger partial charge in [-0.3, -0.25) is 14.6 Å². The molecule has 1 saturated heterocycles. The van der Waals surface area contributed by atoms with E-state index >= 15 is 0 Å². The highest BCUT2D eigenvalue weighted by Crippen LogP contribution is 2.22. The minimum atomic E-state index is -0.729. The topological polar surface area (TPSA) is 43.8 Å².